The van der Waals surface area contributed by atoms with Gasteiger partial charge in [0.15, 0.2) is 0 Å². The monoisotopic (exact) mass is 253 g/mol. The number of rotatable bonds is 6. The first-order valence-corrected chi connectivity index (χ1v) is 7.54. The molecule has 4 heteroatoms. The third kappa shape index (κ3) is 4.94. The van der Waals surface area contributed by atoms with Crippen LogP contribution in [0.15, 0.2) is 0 Å². The molecule has 0 aromatic heterocycles. The molecule has 1 atom stereocenters. The Hall–Kier alpha value is -0.610. The minimum absolute atomic E-state index is 0.238. The van der Waals surface area contributed by atoms with Crippen molar-refractivity contribution in [2.75, 3.05) is 39.3 Å². The average Bonchev–Trinajstić information content (AvgIpc) is 2.89. The van der Waals surface area contributed by atoms with Crippen LogP contribution in [-0.4, -0.2) is 50.1 Å². The number of hydrogen-bond acceptors (Lipinski definition) is 3. The van der Waals surface area contributed by atoms with Gasteiger partial charge in [0.1, 0.15) is 0 Å². The van der Waals surface area contributed by atoms with Gasteiger partial charge in [-0.3, -0.25) is 4.79 Å². The second-order valence-corrected chi connectivity index (χ2v) is 5.67. The number of carbonyl (C=O) groups excluding carboxylic acids is 1. The minimum Gasteiger partial charge on any atom is -0.356 e. The summed E-state index contributed by atoms with van der Waals surface area (Å²) in [5.74, 6) is 0.800. The molecular formula is C14H27N3O. The number of likely N-dealkylation sites (tertiary alicyclic amines) is 1. The van der Waals surface area contributed by atoms with Crippen LogP contribution in [0.4, 0.5) is 0 Å². The summed E-state index contributed by atoms with van der Waals surface area (Å²) in [6, 6.07) is 0. The lowest BCUT2D eigenvalue weighted by Crippen LogP contribution is -2.33. The van der Waals surface area contributed by atoms with Crippen molar-refractivity contribution in [1.29, 1.82) is 0 Å². The predicted molar refractivity (Wildman–Crippen MR) is 73.5 cm³/mol. The molecule has 2 rings (SSSR count). The minimum atomic E-state index is 0.238. The van der Waals surface area contributed by atoms with Crippen LogP contribution in [0.1, 0.15) is 38.5 Å². The smallest absolute Gasteiger partial charge is 0.220 e. The van der Waals surface area contributed by atoms with E-state index in [1.807, 2.05) is 0 Å². The van der Waals surface area contributed by atoms with Gasteiger partial charge < -0.3 is 15.5 Å². The Labute approximate surface area is 110 Å². The predicted octanol–water partition coefficient (Wildman–Crippen LogP) is 0.978. The van der Waals surface area contributed by atoms with E-state index in [0.717, 1.165) is 39.0 Å². The molecule has 0 saturated carbocycles. The highest BCUT2D eigenvalue weighted by atomic mass is 16.1. The normalized spacial score (nSPS) is 25.2. The largest absolute Gasteiger partial charge is 0.356 e. The van der Waals surface area contributed by atoms with Gasteiger partial charge in [-0.1, -0.05) is 6.42 Å². The summed E-state index contributed by atoms with van der Waals surface area (Å²) in [5.41, 5.74) is 0. The fourth-order valence-corrected chi connectivity index (χ4v) is 2.94. The van der Waals surface area contributed by atoms with Crippen molar-refractivity contribution in [2.24, 2.45) is 5.92 Å². The first-order valence-electron chi connectivity index (χ1n) is 7.54. The first kappa shape index (κ1) is 13.8. The highest BCUT2D eigenvalue weighted by Crippen LogP contribution is 2.11. The molecule has 2 aliphatic rings. The van der Waals surface area contributed by atoms with Gasteiger partial charge in [0.2, 0.25) is 5.91 Å². The quantitative estimate of drug-likeness (QED) is 0.694. The van der Waals surface area contributed by atoms with Crippen molar-refractivity contribution in [3.05, 3.63) is 0 Å². The van der Waals surface area contributed by atoms with Crippen molar-refractivity contribution in [2.45, 2.75) is 38.5 Å². The van der Waals surface area contributed by atoms with E-state index in [0.29, 0.717) is 12.3 Å². The fourth-order valence-electron chi connectivity index (χ4n) is 2.94. The third-order valence-corrected chi connectivity index (χ3v) is 4.06. The molecule has 18 heavy (non-hydrogen) atoms. The van der Waals surface area contributed by atoms with Gasteiger partial charge in [-0.2, -0.15) is 0 Å². The topological polar surface area (TPSA) is 44.4 Å². The highest BCUT2D eigenvalue weighted by molar-refractivity contribution is 5.76. The SMILES string of the molecule is O=C(CC1CCNC1)NCCCN1CCCCC1. The van der Waals surface area contributed by atoms with Gasteiger partial charge in [-0.25, -0.2) is 0 Å². The maximum atomic E-state index is 11.7. The van der Waals surface area contributed by atoms with E-state index in [-0.39, 0.29) is 5.91 Å². The van der Waals surface area contributed by atoms with Gasteiger partial charge in [-0.15, -0.1) is 0 Å². The van der Waals surface area contributed by atoms with E-state index in [4.69, 9.17) is 0 Å². The van der Waals surface area contributed by atoms with Crippen molar-refractivity contribution in [3.8, 4) is 0 Å². The molecule has 2 N–H and O–H groups in total. The van der Waals surface area contributed by atoms with Crippen LogP contribution in [0.5, 0.6) is 0 Å². The molecule has 4 nitrogen and oxygen atoms in total. The lowest BCUT2D eigenvalue weighted by Gasteiger charge is -2.26. The van der Waals surface area contributed by atoms with Crippen LogP contribution in [0, 0.1) is 5.92 Å². The van der Waals surface area contributed by atoms with Gasteiger partial charge in [0, 0.05) is 13.0 Å². The van der Waals surface area contributed by atoms with Gasteiger partial charge in [-0.05, 0) is 64.3 Å². The Bertz CT molecular complexity index is 245. The number of nitrogens with one attached hydrogen (secondary N) is 2. The summed E-state index contributed by atoms with van der Waals surface area (Å²) in [5, 5.41) is 6.36. The third-order valence-electron chi connectivity index (χ3n) is 4.06. The number of hydrogen-bond donors (Lipinski definition) is 2. The zero-order valence-electron chi connectivity index (χ0n) is 11.4. The van der Waals surface area contributed by atoms with E-state index < -0.39 is 0 Å². The molecule has 104 valence electrons. The molecule has 1 amide bonds. The second-order valence-electron chi connectivity index (χ2n) is 5.67. The van der Waals surface area contributed by atoms with Crippen molar-refractivity contribution < 1.29 is 4.79 Å². The van der Waals surface area contributed by atoms with Gasteiger partial charge in [0.25, 0.3) is 0 Å². The van der Waals surface area contributed by atoms with Crippen molar-refractivity contribution >= 4 is 5.91 Å². The Morgan fingerprint density at radius 1 is 1.28 bits per heavy atom. The molecule has 0 aromatic carbocycles. The van der Waals surface area contributed by atoms with Crippen LogP contribution in [0.3, 0.4) is 0 Å². The first-order chi connectivity index (χ1) is 8.84. The summed E-state index contributed by atoms with van der Waals surface area (Å²) in [6.07, 6.45) is 7.04. The number of piperidine rings is 1. The molecule has 0 aromatic rings. The maximum absolute atomic E-state index is 11.7. The second kappa shape index (κ2) is 7.74. The molecular weight excluding hydrogens is 226 g/mol. The molecule has 1 unspecified atom stereocenters. The van der Waals surface area contributed by atoms with Crippen LogP contribution >= 0.6 is 0 Å². The van der Waals surface area contributed by atoms with Crippen molar-refractivity contribution in [3.63, 3.8) is 0 Å². The molecule has 0 radical (unpaired) electrons. The Kier molecular flexibility index (Phi) is 5.94. The summed E-state index contributed by atoms with van der Waals surface area (Å²) < 4.78 is 0. The number of nitrogens with zero attached hydrogens (tertiary/aromatic N) is 1. The van der Waals surface area contributed by atoms with Crippen LogP contribution in [0.2, 0.25) is 0 Å². The summed E-state index contributed by atoms with van der Waals surface area (Å²) in [7, 11) is 0. The van der Waals surface area contributed by atoms with Gasteiger partial charge >= 0.3 is 0 Å². The summed E-state index contributed by atoms with van der Waals surface area (Å²) >= 11 is 0. The Balaban J connectivity index is 1.47. The summed E-state index contributed by atoms with van der Waals surface area (Å²) in [4.78, 5) is 14.2. The lowest BCUT2D eigenvalue weighted by atomic mass is 10.0. The number of amides is 1. The summed E-state index contributed by atoms with van der Waals surface area (Å²) in [6.45, 7) is 6.58. The lowest BCUT2D eigenvalue weighted by molar-refractivity contribution is -0.121. The van der Waals surface area contributed by atoms with Gasteiger partial charge in [0.05, 0.1) is 0 Å². The molecule has 2 fully saturated rings. The Morgan fingerprint density at radius 3 is 2.83 bits per heavy atom. The molecule has 0 bridgehead atoms. The maximum Gasteiger partial charge on any atom is 0.220 e. The van der Waals surface area contributed by atoms with E-state index in [2.05, 4.69) is 15.5 Å². The molecule has 0 aliphatic carbocycles. The van der Waals surface area contributed by atoms with E-state index >= 15 is 0 Å². The Morgan fingerprint density at radius 2 is 2.11 bits per heavy atom. The highest BCUT2D eigenvalue weighted by Gasteiger charge is 2.17. The zero-order valence-corrected chi connectivity index (χ0v) is 11.4. The van der Waals surface area contributed by atoms with Crippen LogP contribution in [0.25, 0.3) is 0 Å². The molecule has 2 aliphatic heterocycles. The fraction of sp³-hybridized carbons (Fsp3) is 0.929. The van der Waals surface area contributed by atoms with E-state index in [1.54, 1.807) is 0 Å². The van der Waals surface area contributed by atoms with Crippen molar-refractivity contribution in [1.82, 2.24) is 15.5 Å². The van der Waals surface area contributed by atoms with Crippen LogP contribution in [-0.2, 0) is 4.79 Å². The molecule has 2 saturated heterocycles. The average molecular weight is 253 g/mol. The van der Waals surface area contributed by atoms with E-state index in [9.17, 15) is 4.79 Å². The van der Waals surface area contributed by atoms with E-state index in [1.165, 1.54) is 32.4 Å². The molecule has 0 spiro atoms. The van der Waals surface area contributed by atoms with Crippen LogP contribution < -0.4 is 10.6 Å². The molecule has 2 heterocycles. The number of carbonyl (C=O) groups is 1. The standard InChI is InChI=1S/C14H27N3O/c18-14(11-13-5-7-15-12-13)16-6-4-10-17-8-2-1-3-9-17/h13,15H,1-12H2,(H,16,18). The zero-order chi connectivity index (χ0) is 12.6.